The summed E-state index contributed by atoms with van der Waals surface area (Å²) in [5.41, 5.74) is 7.62. The molecule has 3 aromatic carbocycles. The van der Waals surface area contributed by atoms with Crippen molar-refractivity contribution in [2.24, 2.45) is 0 Å². The Kier molecular flexibility index (Phi) is 7.66. The van der Waals surface area contributed by atoms with Gasteiger partial charge in [0, 0.05) is 6.54 Å². The maximum absolute atomic E-state index is 9.21. The van der Waals surface area contributed by atoms with E-state index in [1.165, 1.54) is 22.3 Å². The van der Waals surface area contributed by atoms with Crippen molar-refractivity contribution in [2.45, 2.75) is 32.9 Å². The van der Waals surface area contributed by atoms with Crippen molar-refractivity contribution >= 4 is 11.0 Å². The second-order valence-electron chi connectivity index (χ2n) is 9.48. The van der Waals surface area contributed by atoms with Gasteiger partial charge in [0.25, 0.3) is 0 Å². The Bertz CT molecular complexity index is 1270. The zero-order valence-corrected chi connectivity index (χ0v) is 20.8. The Morgan fingerprint density at radius 3 is 2.03 bits per heavy atom. The number of imidazole rings is 1. The minimum atomic E-state index is 0.0292. The van der Waals surface area contributed by atoms with Crippen LogP contribution in [0.1, 0.15) is 28.3 Å². The number of aryl methyl sites for hydroxylation is 2. The molecule has 1 atom stereocenters. The van der Waals surface area contributed by atoms with E-state index in [0.717, 1.165) is 24.0 Å². The van der Waals surface area contributed by atoms with Crippen molar-refractivity contribution in [3.8, 4) is 0 Å². The van der Waals surface area contributed by atoms with Gasteiger partial charge >= 0.3 is 0 Å². The quantitative estimate of drug-likeness (QED) is 0.343. The lowest BCUT2D eigenvalue weighted by molar-refractivity contribution is 0.0894. The van der Waals surface area contributed by atoms with E-state index in [2.05, 4.69) is 115 Å². The van der Waals surface area contributed by atoms with E-state index in [4.69, 9.17) is 4.74 Å². The second kappa shape index (κ2) is 10.9. The van der Waals surface area contributed by atoms with E-state index in [9.17, 15) is 5.41 Å². The van der Waals surface area contributed by atoms with Crippen molar-refractivity contribution in [1.82, 2.24) is 14.0 Å². The fourth-order valence-electron chi connectivity index (χ4n) is 4.35. The monoisotopic (exact) mass is 456 g/mol. The normalized spacial score (nSPS) is 12.5. The summed E-state index contributed by atoms with van der Waals surface area (Å²) < 4.78 is 10.4. The molecule has 4 aromatic rings. The van der Waals surface area contributed by atoms with E-state index >= 15 is 0 Å². The molecule has 0 fully saturated rings. The van der Waals surface area contributed by atoms with Crippen LogP contribution in [0.4, 0.5) is 0 Å². The first-order valence-electron chi connectivity index (χ1n) is 12.0. The molecule has 0 aliphatic rings. The number of ether oxygens (including phenoxy) is 1. The summed E-state index contributed by atoms with van der Waals surface area (Å²) in [5, 5.41) is 9.21. The van der Waals surface area contributed by atoms with Gasteiger partial charge in [-0.3, -0.25) is 5.41 Å². The minimum absolute atomic E-state index is 0.0292. The number of aromatic nitrogens is 2. The van der Waals surface area contributed by atoms with Crippen LogP contribution in [0.15, 0.2) is 72.8 Å². The zero-order valence-electron chi connectivity index (χ0n) is 20.8. The molecule has 0 aliphatic carbocycles. The maximum Gasteiger partial charge on any atom is 0.203 e. The number of para-hydroxylation sites is 2. The SMILES string of the molecule is Cc1ccc(CC(COCCN(C)C)n2c(=N)n(Cc3ccc(C)cc3)c3ccccc32)cc1. The number of hydrogen-bond acceptors (Lipinski definition) is 3. The summed E-state index contributed by atoms with van der Waals surface area (Å²) in [6, 6.07) is 25.7. The van der Waals surface area contributed by atoms with Gasteiger partial charge in [0.15, 0.2) is 0 Å². The molecule has 0 saturated carbocycles. The van der Waals surface area contributed by atoms with Crippen LogP contribution in [0.25, 0.3) is 11.0 Å². The molecule has 178 valence electrons. The lowest BCUT2D eigenvalue weighted by Gasteiger charge is -2.21. The van der Waals surface area contributed by atoms with E-state index < -0.39 is 0 Å². The molecule has 4 rings (SSSR count). The summed E-state index contributed by atoms with van der Waals surface area (Å²) >= 11 is 0. The van der Waals surface area contributed by atoms with Gasteiger partial charge in [-0.15, -0.1) is 0 Å². The molecule has 1 unspecified atom stereocenters. The Labute approximate surface area is 202 Å². The van der Waals surface area contributed by atoms with E-state index in [1.54, 1.807) is 0 Å². The van der Waals surface area contributed by atoms with Gasteiger partial charge in [-0.2, -0.15) is 0 Å². The Morgan fingerprint density at radius 1 is 0.824 bits per heavy atom. The number of fused-ring (bicyclic) bond motifs is 1. The smallest absolute Gasteiger partial charge is 0.203 e. The summed E-state index contributed by atoms with van der Waals surface area (Å²) in [6.07, 6.45) is 0.817. The molecule has 0 spiro atoms. The number of likely N-dealkylation sites (N-methyl/N-ethyl adjacent to an activating group) is 1. The molecule has 0 aliphatic heterocycles. The third-order valence-electron chi connectivity index (χ3n) is 6.33. The number of hydrogen-bond donors (Lipinski definition) is 1. The summed E-state index contributed by atoms with van der Waals surface area (Å²) in [5.74, 6) is 0. The van der Waals surface area contributed by atoms with Crippen LogP contribution in [0.2, 0.25) is 0 Å². The molecule has 0 saturated heterocycles. The van der Waals surface area contributed by atoms with Crippen LogP contribution in [0, 0.1) is 19.3 Å². The van der Waals surface area contributed by atoms with Crippen LogP contribution < -0.4 is 5.62 Å². The fraction of sp³-hybridized carbons (Fsp3) is 0.345. The maximum atomic E-state index is 9.21. The van der Waals surface area contributed by atoms with Crippen molar-refractivity contribution in [2.75, 3.05) is 33.9 Å². The number of nitrogens with zero attached hydrogens (tertiary/aromatic N) is 3. The Hall–Kier alpha value is -3.15. The first-order chi connectivity index (χ1) is 16.4. The van der Waals surface area contributed by atoms with E-state index in [0.29, 0.717) is 25.4 Å². The Balaban J connectivity index is 1.72. The molecule has 5 nitrogen and oxygen atoms in total. The first kappa shape index (κ1) is 24.0. The van der Waals surface area contributed by atoms with Crippen molar-refractivity contribution in [1.29, 1.82) is 5.41 Å². The highest BCUT2D eigenvalue weighted by atomic mass is 16.5. The molecule has 34 heavy (non-hydrogen) atoms. The van der Waals surface area contributed by atoms with Crippen LogP contribution in [-0.4, -0.2) is 47.9 Å². The highest BCUT2D eigenvalue weighted by molar-refractivity contribution is 5.76. The van der Waals surface area contributed by atoms with Crippen molar-refractivity contribution < 1.29 is 4.74 Å². The van der Waals surface area contributed by atoms with Gasteiger partial charge in [0.1, 0.15) is 0 Å². The minimum Gasteiger partial charge on any atom is -0.378 e. The number of nitrogens with one attached hydrogen (secondary N) is 1. The lowest BCUT2D eigenvalue weighted by Crippen LogP contribution is -2.32. The molecule has 0 bridgehead atoms. The largest absolute Gasteiger partial charge is 0.378 e. The average molecular weight is 457 g/mol. The van der Waals surface area contributed by atoms with Gasteiger partial charge < -0.3 is 18.8 Å². The van der Waals surface area contributed by atoms with Crippen LogP contribution in [0.3, 0.4) is 0 Å². The van der Waals surface area contributed by atoms with E-state index in [-0.39, 0.29) is 6.04 Å². The van der Waals surface area contributed by atoms with Gasteiger partial charge in [-0.1, -0.05) is 71.8 Å². The number of benzene rings is 3. The molecule has 1 aromatic heterocycles. The predicted octanol–water partition coefficient (Wildman–Crippen LogP) is 4.95. The van der Waals surface area contributed by atoms with Crippen molar-refractivity contribution in [3.63, 3.8) is 0 Å². The van der Waals surface area contributed by atoms with Gasteiger partial charge in [0.05, 0.1) is 36.8 Å². The van der Waals surface area contributed by atoms with Gasteiger partial charge in [-0.25, -0.2) is 0 Å². The third-order valence-corrected chi connectivity index (χ3v) is 6.33. The highest BCUT2D eigenvalue weighted by Gasteiger charge is 2.20. The third kappa shape index (κ3) is 5.66. The van der Waals surface area contributed by atoms with Crippen LogP contribution in [-0.2, 0) is 17.7 Å². The van der Waals surface area contributed by atoms with Crippen LogP contribution >= 0.6 is 0 Å². The van der Waals surface area contributed by atoms with Crippen molar-refractivity contribution in [3.05, 3.63) is 101 Å². The zero-order chi connectivity index (χ0) is 24.1. The first-order valence-corrected chi connectivity index (χ1v) is 12.0. The summed E-state index contributed by atoms with van der Waals surface area (Å²) in [7, 11) is 4.12. The Morgan fingerprint density at radius 2 is 1.41 bits per heavy atom. The van der Waals surface area contributed by atoms with Crippen LogP contribution in [0.5, 0.6) is 0 Å². The second-order valence-corrected chi connectivity index (χ2v) is 9.48. The van der Waals surface area contributed by atoms with Gasteiger partial charge in [-0.05, 0) is 57.6 Å². The molecule has 1 N–H and O–H groups in total. The summed E-state index contributed by atoms with van der Waals surface area (Å²) in [6.45, 7) is 7.01. The van der Waals surface area contributed by atoms with Gasteiger partial charge in [0.2, 0.25) is 5.62 Å². The molecule has 0 radical (unpaired) electrons. The van der Waals surface area contributed by atoms with E-state index in [1.807, 2.05) is 0 Å². The molecule has 5 heteroatoms. The molecule has 0 amide bonds. The topological polar surface area (TPSA) is 46.2 Å². The summed E-state index contributed by atoms with van der Waals surface area (Å²) in [4.78, 5) is 2.13. The molecule has 1 heterocycles. The number of rotatable bonds is 10. The molecular formula is C29H36N4O. The predicted molar refractivity (Wildman–Crippen MR) is 139 cm³/mol. The lowest BCUT2D eigenvalue weighted by atomic mass is 10.0. The molecular weight excluding hydrogens is 420 g/mol. The fourth-order valence-corrected chi connectivity index (χ4v) is 4.35. The standard InChI is InChI=1S/C29H36N4O/c1-22-9-13-24(14-10-22)19-26(21-34-18-17-31(3)4)33-28-8-6-5-7-27(28)32(29(33)30)20-25-15-11-23(2)12-16-25/h5-16,26,30H,17-21H2,1-4H3. The highest BCUT2D eigenvalue weighted by Crippen LogP contribution is 2.22. The average Bonchev–Trinajstić information content (AvgIpc) is 3.10.